The highest BCUT2D eigenvalue weighted by atomic mass is 32.1. The molecule has 0 fully saturated rings. The average Bonchev–Trinajstić information content (AvgIpc) is 3.27. The van der Waals surface area contributed by atoms with E-state index in [1.54, 1.807) is 31.2 Å². The van der Waals surface area contributed by atoms with Crippen LogP contribution in [-0.4, -0.2) is 30.4 Å². The summed E-state index contributed by atoms with van der Waals surface area (Å²) in [7, 11) is 0. The largest absolute Gasteiger partial charge is 0.462 e. The Balaban J connectivity index is 1.67. The van der Waals surface area contributed by atoms with Gasteiger partial charge in [-0.05, 0) is 31.7 Å². The van der Waals surface area contributed by atoms with Crippen LogP contribution in [-0.2, 0) is 17.6 Å². The molecule has 0 unspecified atom stereocenters. The summed E-state index contributed by atoms with van der Waals surface area (Å²) in [5.74, 6) is -1.78. The maximum Gasteiger partial charge on any atom is 0.341 e. The van der Waals surface area contributed by atoms with Crippen molar-refractivity contribution in [1.82, 2.24) is 0 Å². The number of nitrogens with zero attached hydrogens (tertiary/aromatic N) is 1. The Morgan fingerprint density at radius 1 is 1.23 bits per heavy atom. The van der Waals surface area contributed by atoms with Gasteiger partial charge >= 0.3 is 5.97 Å². The molecule has 0 atom stereocenters. The van der Waals surface area contributed by atoms with Crippen LogP contribution < -0.4 is 0 Å². The smallest absolute Gasteiger partial charge is 0.341 e. The van der Waals surface area contributed by atoms with Crippen molar-refractivity contribution < 1.29 is 19.1 Å². The quantitative estimate of drug-likeness (QED) is 0.468. The molecular formula is C20H17NO4S. The third kappa shape index (κ3) is 2.61. The van der Waals surface area contributed by atoms with Gasteiger partial charge in [-0.15, -0.1) is 11.3 Å². The van der Waals surface area contributed by atoms with E-state index in [0.29, 0.717) is 28.3 Å². The standard InChI is InChI=1S/C20H17NO4S/c1-2-25-20(24)16-13-8-5-9-15(13)26-19(16)21-10-14-17(22)11-6-3-4-7-12(11)18(14)23/h3-4,6-7,10,14H,2,5,8-9H2,1H3/b21-10+. The monoisotopic (exact) mass is 367 g/mol. The van der Waals surface area contributed by atoms with Gasteiger partial charge in [0.05, 0.1) is 12.2 Å². The summed E-state index contributed by atoms with van der Waals surface area (Å²) in [6.07, 6.45) is 4.16. The molecule has 5 nitrogen and oxygen atoms in total. The zero-order chi connectivity index (χ0) is 18.3. The predicted octanol–water partition coefficient (Wildman–Crippen LogP) is 3.81. The van der Waals surface area contributed by atoms with Crippen LogP contribution in [0, 0.1) is 5.92 Å². The number of carbonyl (C=O) groups is 3. The summed E-state index contributed by atoms with van der Waals surface area (Å²) in [6.45, 7) is 2.06. The minimum absolute atomic E-state index is 0.240. The lowest BCUT2D eigenvalue weighted by molar-refractivity contribution is 0.0526. The molecule has 1 heterocycles. The van der Waals surface area contributed by atoms with Crippen LogP contribution in [0.2, 0.25) is 0 Å². The number of ketones is 2. The summed E-state index contributed by atoms with van der Waals surface area (Å²) in [5.41, 5.74) is 2.38. The average molecular weight is 367 g/mol. The van der Waals surface area contributed by atoms with E-state index in [-0.39, 0.29) is 17.5 Å². The van der Waals surface area contributed by atoms with Gasteiger partial charge in [0.25, 0.3) is 0 Å². The normalized spacial score (nSPS) is 16.3. The van der Waals surface area contributed by atoms with Crippen LogP contribution in [0.5, 0.6) is 0 Å². The number of hydrogen-bond donors (Lipinski definition) is 0. The molecule has 2 aliphatic carbocycles. The SMILES string of the molecule is CCOC(=O)c1c(/N=C/C2C(=O)c3ccccc3C2=O)sc2c1CCC2. The molecule has 0 amide bonds. The molecule has 2 aliphatic rings. The zero-order valence-corrected chi connectivity index (χ0v) is 15.1. The lowest BCUT2D eigenvalue weighted by Crippen LogP contribution is -2.16. The molecule has 0 aliphatic heterocycles. The van der Waals surface area contributed by atoms with Gasteiger partial charge in [0.15, 0.2) is 11.6 Å². The first-order valence-corrected chi connectivity index (χ1v) is 9.46. The molecule has 1 aromatic carbocycles. The molecule has 6 heteroatoms. The number of ether oxygens (including phenoxy) is 1. The van der Waals surface area contributed by atoms with Gasteiger partial charge in [-0.2, -0.15) is 0 Å². The second-order valence-electron chi connectivity index (χ2n) is 6.29. The molecule has 4 rings (SSSR count). The van der Waals surface area contributed by atoms with Crippen molar-refractivity contribution in [3.63, 3.8) is 0 Å². The molecule has 0 saturated heterocycles. The first-order valence-electron chi connectivity index (χ1n) is 8.65. The number of fused-ring (bicyclic) bond motifs is 2. The molecule has 2 aromatic rings. The number of aryl methyl sites for hydroxylation is 1. The van der Waals surface area contributed by atoms with Crippen LogP contribution in [0.4, 0.5) is 5.00 Å². The maximum atomic E-state index is 12.5. The molecule has 26 heavy (non-hydrogen) atoms. The fraction of sp³-hybridized carbons (Fsp3) is 0.300. The van der Waals surface area contributed by atoms with Crippen molar-refractivity contribution in [3.05, 3.63) is 51.4 Å². The van der Waals surface area contributed by atoms with Crippen molar-refractivity contribution in [2.45, 2.75) is 26.2 Å². The Labute approximate surface area is 154 Å². The van der Waals surface area contributed by atoms with Gasteiger partial charge in [-0.3, -0.25) is 9.59 Å². The fourth-order valence-corrected chi connectivity index (χ4v) is 4.77. The highest BCUT2D eigenvalue weighted by Gasteiger charge is 2.37. The highest BCUT2D eigenvalue weighted by molar-refractivity contribution is 7.16. The van der Waals surface area contributed by atoms with E-state index in [1.165, 1.54) is 17.6 Å². The van der Waals surface area contributed by atoms with E-state index < -0.39 is 5.92 Å². The Morgan fingerprint density at radius 2 is 1.92 bits per heavy atom. The summed E-state index contributed by atoms with van der Waals surface area (Å²) in [5, 5.41) is 0.532. The van der Waals surface area contributed by atoms with Gasteiger partial charge in [-0.25, -0.2) is 9.79 Å². The van der Waals surface area contributed by atoms with E-state index >= 15 is 0 Å². The number of Topliss-reactive ketones (excluding diaryl/α,β-unsaturated/α-hetero) is 2. The van der Waals surface area contributed by atoms with E-state index in [2.05, 4.69) is 4.99 Å². The molecule has 0 spiro atoms. The summed E-state index contributed by atoms with van der Waals surface area (Å²) < 4.78 is 5.18. The number of carbonyl (C=O) groups excluding carboxylic acids is 3. The maximum absolute atomic E-state index is 12.5. The minimum Gasteiger partial charge on any atom is -0.462 e. The van der Waals surface area contributed by atoms with E-state index in [9.17, 15) is 14.4 Å². The number of benzene rings is 1. The predicted molar refractivity (Wildman–Crippen MR) is 99.0 cm³/mol. The Kier molecular flexibility index (Phi) is 4.28. The molecule has 1 aromatic heterocycles. The van der Waals surface area contributed by atoms with Crippen LogP contribution in [0.25, 0.3) is 0 Å². The first kappa shape index (κ1) is 16.8. The first-order chi connectivity index (χ1) is 12.6. The van der Waals surface area contributed by atoms with Crippen molar-refractivity contribution in [2.75, 3.05) is 6.61 Å². The Bertz CT molecular complexity index is 922. The molecule has 132 valence electrons. The second kappa shape index (κ2) is 6.61. The molecule has 0 N–H and O–H groups in total. The fourth-order valence-electron chi connectivity index (χ4n) is 3.54. The lowest BCUT2D eigenvalue weighted by Gasteiger charge is -2.04. The highest BCUT2D eigenvalue weighted by Crippen LogP contribution is 2.41. The second-order valence-corrected chi connectivity index (χ2v) is 7.37. The van der Waals surface area contributed by atoms with Gasteiger partial charge in [0.2, 0.25) is 0 Å². The van der Waals surface area contributed by atoms with Gasteiger partial charge in [-0.1, -0.05) is 24.3 Å². The summed E-state index contributed by atoms with van der Waals surface area (Å²) >= 11 is 1.45. The van der Waals surface area contributed by atoms with Crippen LogP contribution in [0.3, 0.4) is 0 Å². The van der Waals surface area contributed by atoms with Crippen molar-refractivity contribution in [3.8, 4) is 0 Å². The van der Waals surface area contributed by atoms with Crippen molar-refractivity contribution in [1.29, 1.82) is 0 Å². The van der Waals surface area contributed by atoms with Crippen LogP contribution >= 0.6 is 11.3 Å². The van der Waals surface area contributed by atoms with Crippen LogP contribution in [0.1, 0.15) is 54.9 Å². The number of esters is 1. The number of hydrogen-bond acceptors (Lipinski definition) is 6. The Hall–Kier alpha value is -2.60. The lowest BCUT2D eigenvalue weighted by atomic mass is 10.1. The molecule has 0 radical (unpaired) electrons. The molecular weight excluding hydrogens is 350 g/mol. The van der Waals surface area contributed by atoms with E-state index in [4.69, 9.17) is 4.74 Å². The zero-order valence-electron chi connectivity index (χ0n) is 14.3. The van der Waals surface area contributed by atoms with Crippen LogP contribution in [0.15, 0.2) is 29.3 Å². The number of aliphatic imine (C=N–C) groups is 1. The van der Waals surface area contributed by atoms with Crippen molar-refractivity contribution >= 4 is 40.1 Å². The molecule has 0 saturated carbocycles. The van der Waals surface area contributed by atoms with Gasteiger partial charge in [0.1, 0.15) is 10.9 Å². The van der Waals surface area contributed by atoms with Gasteiger partial charge < -0.3 is 4.74 Å². The number of thiophene rings is 1. The topological polar surface area (TPSA) is 72.8 Å². The third-order valence-electron chi connectivity index (χ3n) is 4.75. The van der Waals surface area contributed by atoms with Crippen molar-refractivity contribution in [2.24, 2.45) is 10.9 Å². The van der Waals surface area contributed by atoms with Gasteiger partial charge in [0, 0.05) is 22.2 Å². The number of rotatable bonds is 4. The Morgan fingerprint density at radius 3 is 2.58 bits per heavy atom. The minimum atomic E-state index is -0.917. The van der Waals surface area contributed by atoms with E-state index in [0.717, 1.165) is 29.7 Å². The molecule has 0 bridgehead atoms. The van der Waals surface area contributed by atoms with E-state index in [1.807, 2.05) is 0 Å². The third-order valence-corrected chi connectivity index (χ3v) is 5.95. The summed E-state index contributed by atoms with van der Waals surface area (Å²) in [6, 6.07) is 6.80. The summed E-state index contributed by atoms with van der Waals surface area (Å²) in [4.78, 5) is 42.9.